The number of aryl methyl sites for hydroxylation is 1. The van der Waals surface area contributed by atoms with Crippen molar-refractivity contribution in [1.82, 2.24) is 9.36 Å². The number of hydrogen-bond acceptors (Lipinski definition) is 3. The molecule has 10 heavy (non-hydrogen) atoms. The van der Waals surface area contributed by atoms with Gasteiger partial charge in [-0.05, 0) is 24.5 Å². The van der Waals surface area contributed by atoms with Crippen LogP contribution < -0.4 is 0 Å². The fourth-order valence-electron chi connectivity index (χ4n) is 0.918. The van der Waals surface area contributed by atoms with Crippen molar-refractivity contribution in [3.05, 3.63) is 24.2 Å². The maximum atomic E-state index is 4.20. The second-order valence-electron chi connectivity index (χ2n) is 2.14. The molecule has 2 aromatic heterocycles. The minimum absolute atomic E-state index is 1.10. The zero-order valence-corrected chi connectivity index (χ0v) is 6.35. The van der Waals surface area contributed by atoms with Gasteiger partial charge in [-0.15, -0.1) is 0 Å². The monoisotopic (exact) mass is 150 g/mol. The lowest BCUT2D eigenvalue weighted by molar-refractivity contribution is 1.35. The van der Waals surface area contributed by atoms with E-state index in [1.807, 2.05) is 19.2 Å². The van der Waals surface area contributed by atoms with E-state index in [1.165, 1.54) is 21.6 Å². The first-order chi connectivity index (χ1) is 4.88. The fourth-order valence-corrected chi connectivity index (χ4v) is 1.67. The van der Waals surface area contributed by atoms with E-state index in [2.05, 4.69) is 9.36 Å². The second-order valence-corrected chi connectivity index (χ2v) is 2.94. The summed E-state index contributed by atoms with van der Waals surface area (Å²) in [4.78, 5) is 4.00. The van der Waals surface area contributed by atoms with Gasteiger partial charge < -0.3 is 0 Å². The van der Waals surface area contributed by atoms with Crippen LogP contribution in [-0.4, -0.2) is 9.36 Å². The first-order valence-corrected chi connectivity index (χ1v) is 3.81. The molecule has 0 radical (unpaired) electrons. The van der Waals surface area contributed by atoms with Crippen LogP contribution in [0, 0.1) is 6.92 Å². The Morgan fingerprint density at radius 2 is 2.40 bits per heavy atom. The van der Waals surface area contributed by atoms with Crippen LogP contribution in [0.2, 0.25) is 0 Å². The largest absolute Gasteiger partial charge is 0.263 e. The van der Waals surface area contributed by atoms with Crippen molar-refractivity contribution in [2.45, 2.75) is 6.92 Å². The van der Waals surface area contributed by atoms with Crippen molar-refractivity contribution in [3.8, 4) is 0 Å². The molecule has 0 aliphatic rings. The normalized spacial score (nSPS) is 10.5. The van der Waals surface area contributed by atoms with Crippen molar-refractivity contribution in [2.24, 2.45) is 0 Å². The van der Waals surface area contributed by atoms with Gasteiger partial charge in [0.1, 0.15) is 0 Å². The molecule has 0 N–H and O–H groups in total. The third kappa shape index (κ3) is 0.708. The highest BCUT2D eigenvalue weighted by Crippen LogP contribution is 2.19. The number of fused-ring (bicyclic) bond motifs is 1. The summed E-state index contributed by atoms with van der Waals surface area (Å²) in [6.45, 7) is 2.01. The summed E-state index contributed by atoms with van der Waals surface area (Å²) in [6, 6.07) is 1.99. The number of pyridine rings is 1. The van der Waals surface area contributed by atoms with E-state index in [1.54, 1.807) is 6.20 Å². The van der Waals surface area contributed by atoms with E-state index < -0.39 is 0 Å². The predicted octanol–water partition coefficient (Wildman–Crippen LogP) is 2.00. The van der Waals surface area contributed by atoms with Gasteiger partial charge in [0.05, 0.1) is 10.4 Å². The molecular formula is C7H6N2S. The van der Waals surface area contributed by atoms with E-state index >= 15 is 0 Å². The Morgan fingerprint density at radius 3 is 3.20 bits per heavy atom. The molecule has 0 aromatic carbocycles. The Kier molecular flexibility index (Phi) is 1.17. The van der Waals surface area contributed by atoms with Crippen LogP contribution in [0.5, 0.6) is 0 Å². The van der Waals surface area contributed by atoms with E-state index in [0.717, 1.165) is 5.69 Å². The van der Waals surface area contributed by atoms with Crippen LogP contribution in [-0.2, 0) is 0 Å². The van der Waals surface area contributed by atoms with Gasteiger partial charge in [-0.1, -0.05) is 0 Å². The SMILES string of the molecule is Cc1nsc2cnccc12. The van der Waals surface area contributed by atoms with Gasteiger partial charge in [-0.3, -0.25) is 4.98 Å². The van der Waals surface area contributed by atoms with Gasteiger partial charge in [0.2, 0.25) is 0 Å². The molecule has 0 unspecified atom stereocenters. The smallest absolute Gasteiger partial charge is 0.0736 e. The van der Waals surface area contributed by atoms with Crippen LogP contribution in [0.3, 0.4) is 0 Å². The van der Waals surface area contributed by atoms with Gasteiger partial charge in [0.25, 0.3) is 0 Å². The van der Waals surface area contributed by atoms with Gasteiger partial charge in [0.15, 0.2) is 0 Å². The summed E-state index contributed by atoms with van der Waals surface area (Å²) >= 11 is 1.50. The third-order valence-corrected chi connectivity index (χ3v) is 2.34. The molecule has 2 rings (SSSR count). The number of aromatic nitrogens is 2. The minimum atomic E-state index is 1.10. The van der Waals surface area contributed by atoms with Crippen molar-refractivity contribution >= 4 is 21.6 Å². The van der Waals surface area contributed by atoms with E-state index in [-0.39, 0.29) is 0 Å². The molecule has 0 bridgehead atoms. The molecule has 2 nitrogen and oxygen atoms in total. The van der Waals surface area contributed by atoms with Crippen LogP contribution in [0.25, 0.3) is 10.1 Å². The minimum Gasteiger partial charge on any atom is -0.263 e. The maximum Gasteiger partial charge on any atom is 0.0736 e. The molecule has 0 fully saturated rings. The standard InChI is InChI=1S/C7H6N2S/c1-5-6-2-3-8-4-7(6)10-9-5/h2-4H,1H3. The molecular weight excluding hydrogens is 144 g/mol. The zero-order chi connectivity index (χ0) is 6.97. The van der Waals surface area contributed by atoms with Crippen LogP contribution in [0.4, 0.5) is 0 Å². The summed E-state index contributed by atoms with van der Waals surface area (Å²) in [5, 5.41) is 1.22. The van der Waals surface area contributed by atoms with Gasteiger partial charge in [0, 0.05) is 17.8 Å². The lowest BCUT2D eigenvalue weighted by Crippen LogP contribution is -1.70. The van der Waals surface area contributed by atoms with Crippen LogP contribution >= 0.6 is 11.5 Å². The highest BCUT2D eigenvalue weighted by molar-refractivity contribution is 7.13. The van der Waals surface area contributed by atoms with Crippen LogP contribution in [0.15, 0.2) is 18.5 Å². The quantitative estimate of drug-likeness (QED) is 0.574. The summed E-state index contributed by atoms with van der Waals surface area (Å²) in [5.74, 6) is 0. The Bertz CT molecular complexity index is 353. The van der Waals surface area contributed by atoms with Crippen LogP contribution in [0.1, 0.15) is 5.69 Å². The Hall–Kier alpha value is -0.960. The molecule has 2 aromatic rings. The molecule has 0 saturated heterocycles. The lowest BCUT2D eigenvalue weighted by Gasteiger charge is -1.84. The molecule has 3 heteroatoms. The molecule has 2 heterocycles. The molecule has 0 spiro atoms. The lowest BCUT2D eigenvalue weighted by atomic mass is 10.3. The summed E-state index contributed by atoms with van der Waals surface area (Å²) in [7, 11) is 0. The molecule has 0 amide bonds. The molecule has 0 atom stereocenters. The fraction of sp³-hybridized carbons (Fsp3) is 0.143. The summed E-state index contributed by atoms with van der Waals surface area (Å²) in [6.07, 6.45) is 3.64. The van der Waals surface area contributed by atoms with Gasteiger partial charge >= 0.3 is 0 Å². The van der Waals surface area contributed by atoms with E-state index in [0.29, 0.717) is 0 Å². The number of nitrogens with zero attached hydrogens (tertiary/aromatic N) is 2. The number of rotatable bonds is 0. The topological polar surface area (TPSA) is 25.8 Å². The molecule has 0 aliphatic heterocycles. The Balaban J connectivity index is 2.93. The summed E-state index contributed by atoms with van der Waals surface area (Å²) in [5.41, 5.74) is 1.10. The van der Waals surface area contributed by atoms with Crippen molar-refractivity contribution in [1.29, 1.82) is 0 Å². The van der Waals surface area contributed by atoms with Gasteiger partial charge in [-0.25, -0.2) is 0 Å². The van der Waals surface area contributed by atoms with E-state index in [4.69, 9.17) is 0 Å². The molecule has 0 aliphatic carbocycles. The zero-order valence-electron chi connectivity index (χ0n) is 5.53. The maximum absolute atomic E-state index is 4.20. The first kappa shape index (κ1) is 5.80. The second kappa shape index (κ2) is 2.02. The van der Waals surface area contributed by atoms with Crippen molar-refractivity contribution in [3.63, 3.8) is 0 Å². The predicted molar refractivity (Wildman–Crippen MR) is 42.2 cm³/mol. The Labute approximate surface area is 62.7 Å². The van der Waals surface area contributed by atoms with Crippen molar-refractivity contribution in [2.75, 3.05) is 0 Å². The average Bonchev–Trinajstić information content (AvgIpc) is 2.34. The molecule has 50 valence electrons. The molecule has 0 saturated carbocycles. The number of hydrogen-bond donors (Lipinski definition) is 0. The average molecular weight is 150 g/mol. The first-order valence-electron chi connectivity index (χ1n) is 3.04. The van der Waals surface area contributed by atoms with E-state index in [9.17, 15) is 0 Å². The highest BCUT2D eigenvalue weighted by Gasteiger charge is 1.98. The van der Waals surface area contributed by atoms with Crippen molar-refractivity contribution < 1.29 is 0 Å². The Morgan fingerprint density at radius 1 is 1.50 bits per heavy atom. The highest BCUT2D eigenvalue weighted by atomic mass is 32.1. The summed E-state index contributed by atoms with van der Waals surface area (Å²) < 4.78 is 5.36. The third-order valence-electron chi connectivity index (χ3n) is 1.46. The van der Waals surface area contributed by atoms with Gasteiger partial charge in [-0.2, -0.15) is 4.37 Å².